The minimum atomic E-state index is -4.07. The minimum Gasteiger partial charge on any atom is -0.398 e. The molecular weight excluding hydrogens is 291 g/mol. The van der Waals surface area contributed by atoms with Gasteiger partial charge in [0, 0.05) is 28.7 Å². The van der Waals surface area contributed by atoms with Crippen LogP contribution in [-0.2, 0) is 0 Å². The molecule has 1 saturated carbocycles. The van der Waals surface area contributed by atoms with Crippen LogP contribution in [0.25, 0.3) is 10.8 Å². The predicted octanol–water partition coefficient (Wildman–Crippen LogP) is 4.35. The SMILES string of the molecule is Nc1cccc2c(N[C@H]3CC[C@H](C(F)(F)F)CC3)nccc12. The van der Waals surface area contributed by atoms with E-state index in [0.29, 0.717) is 24.3 Å². The van der Waals surface area contributed by atoms with Gasteiger partial charge in [0.1, 0.15) is 5.82 Å². The van der Waals surface area contributed by atoms with Gasteiger partial charge in [-0.3, -0.25) is 0 Å². The summed E-state index contributed by atoms with van der Waals surface area (Å²) in [5.74, 6) is -0.470. The molecule has 1 aliphatic carbocycles. The maximum absolute atomic E-state index is 12.7. The van der Waals surface area contributed by atoms with Gasteiger partial charge in [0.2, 0.25) is 0 Å². The van der Waals surface area contributed by atoms with Crippen LogP contribution in [0.2, 0.25) is 0 Å². The van der Waals surface area contributed by atoms with Crippen LogP contribution in [0.15, 0.2) is 30.5 Å². The Morgan fingerprint density at radius 3 is 2.45 bits per heavy atom. The molecule has 0 saturated heterocycles. The number of fused-ring (bicyclic) bond motifs is 1. The van der Waals surface area contributed by atoms with E-state index in [9.17, 15) is 13.2 Å². The quantitative estimate of drug-likeness (QED) is 0.811. The number of aromatic nitrogens is 1. The van der Waals surface area contributed by atoms with Gasteiger partial charge in [-0.15, -0.1) is 0 Å². The van der Waals surface area contributed by atoms with Crippen molar-refractivity contribution < 1.29 is 13.2 Å². The molecule has 3 nitrogen and oxygen atoms in total. The number of anilines is 2. The average molecular weight is 309 g/mol. The van der Waals surface area contributed by atoms with Crippen LogP contribution in [0.5, 0.6) is 0 Å². The van der Waals surface area contributed by atoms with Crippen molar-refractivity contribution in [2.75, 3.05) is 11.1 Å². The van der Waals surface area contributed by atoms with Crippen molar-refractivity contribution in [1.29, 1.82) is 0 Å². The van der Waals surface area contributed by atoms with Crippen molar-refractivity contribution in [1.82, 2.24) is 4.98 Å². The Bertz CT molecular complexity index is 661. The average Bonchev–Trinajstić information content (AvgIpc) is 2.48. The Labute approximate surface area is 126 Å². The van der Waals surface area contributed by atoms with Gasteiger partial charge in [0.15, 0.2) is 0 Å². The first-order valence-electron chi connectivity index (χ1n) is 7.41. The van der Waals surface area contributed by atoms with E-state index in [4.69, 9.17) is 5.73 Å². The number of rotatable bonds is 2. The molecule has 1 heterocycles. The largest absolute Gasteiger partial charge is 0.398 e. The highest BCUT2D eigenvalue weighted by Gasteiger charge is 2.41. The summed E-state index contributed by atoms with van der Waals surface area (Å²) in [6.07, 6.45) is -1.04. The van der Waals surface area contributed by atoms with Gasteiger partial charge in [-0.05, 0) is 37.8 Å². The second-order valence-corrected chi connectivity index (χ2v) is 5.84. The molecule has 1 aromatic carbocycles. The lowest BCUT2D eigenvalue weighted by molar-refractivity contribution is -0.182. The highest BCUT2D eigenvalue weighted by molar-refractivity contribution is 5.99. The molecule has 1 aromatic heterocycles. The molecule has 0 atom stereocenters. The second kappa shape index (κ2) is 5.66. The van der Waals surface area contributed by atoms with E-state index in [-0.39, 0.29) is 18.9 Å². The van der Waals surface area contributed by atoms with Gasteiger partial charge in [-0.2, -0.15) is 13.2 Å². The smallest absolute Gasteiger partial charge is 0.391 e. The normalized spacial score (nSPS) is 22.7. The first kappa shape index (κ1) is 14.9. The summed E-state index contributed by atoms with van der Waals surface area (Å²) in [5.41, 5.74) is 6.61. The summed E-state index contributed by atoms with van der Waals surface area (Å²) in [6, 6.07) is 7.46. The zero-order chi connectivity index (χ0) is 15.7. The Hall–Kier alpha value is -1.98. The van der Waals surface area contributed by atoms with Crippen molar-refractivity contribution in [3.63, 3.8) is 0 Å². The molecule has 1 fully saturated rings. The van der Waals surface area contributed by atoms with E-state index in [1.165, 1.54) is 0 Å². The number of nitrogen functional groups attached to an aromatic ring is 1. The van der Waals surface area contributed by atoms with Gasteiger partial charge in [0.25, 0.3) is 0 Å². The van der Waals surface area contributed by atoms with Crippen LogP contribution in [0.4, 0.5) is 24.7 Å². The maximum Gasteiger partial charge on any atom is 0.391 e. The summed E-state index contributed by atoms with van der Waals surface area (Å²) in [6.45, 7) is 0. The van der Waals surface area contributed by atoms with Crippen LogP contribution < -0.4 is 11.1 Å². The third-order valence-corrected chi connectivity index (χ3v) is 4.37. The number of hydrogen-bond donors (Lipinski definition) is 2. The topological polar surface area (TPSA) is 50.9 Å². The first-order valence-corrected chi connectivity index (χ1v) is 7.41. The van der Waals surface area contributed by atoms with Gasteiger partial charge in [-0.1, -0.05) is 12.1 Å². The van der Waals surface area contributed by atoms with Gasteiger partial charge in [-0.25, -0.2) is 4.98 Å². The van der Waals surface area contributed by atoms with Crippen molar-refractivity contribution in [3.8, 4) is 0 Å². The monoisotopic (exact) mass is 309 g/mol. The molecule has 6 heteroatoms. The predicted molar refractivity (Wildman–Crippen MR) is 81.6 cm³/mol. The van der Waals surface area contributed by atoms with E-state index in [2.05, 4.69) is 10.3 Å². The molecule has 0 spiro atoms. The zero-order valence-corrected chi connectivity index (χ0v) is 12.0. The number of alkyl halides is 3. The zero-order valence-electron chi connectivity index (χ0n) is 12.0. The van der Waals surface area contributed by atoms with E-state index in [0.717, 1.165) is 10.8 Å². The van der Waals surface area contributed by atoms with Crippen molar-refractivity contribution >= 4 is 22.3 Å². The number of halogens is 3. The third kappa shape index (κ3) is 2.96. The molecule has 3 rings (SSSR count). The van der Waals surface area contributed by atoms with Crippen molar-refractivity contribution in [2.24, 2.45) is 5.92 Å². The fraction of sp³-hybridized carbons (Fsp3) is 0.438. The van der Waals surface area contributed by atoms with Crippen LogP contribution in [-0.4, -0.2) is 17.2 Å². The summed E-state index contributed by atoms with van der Waals surface area (Å²) in [7, 11) is 0. The maximum atomic E-state index is 12.7. The minimum absolute atomic E-state index is 0.0260. The Morgan fingerprint density at radius 1 is 1.05 bits per heavy atom. The van der Waals surface area contributed by atoms with E-state index in [1.54, 1.807) is 6.20 Å². The summed E-state index contributed by atoms with van der Waals surface area (Å²) in [4.78, 5) is 4.32. The Kier molecular flexibility index (Phi) is 3.85. The fourth-order valence-corrected chi connectivity index (χ4v) is 3.10. The first-order chi connectivity index (χ1) is 10.4. The van der Waals surface area contributed by atoms with Crippen LogP contribution in [0.1, 0.15) is 25.7 Å². The third-order valence-electron chi connectivity index (χ3n) is 4.37. The number of nitrogens with two attached hydrogens (primary N) is 1. The van der Waals surface area contributed by atoms with Crippen molar-refractivity contribution in [3.05, 3.63) is 30.5 Å². The van der Waals surface area contributed by atoms with Crippen LogP contribution in [0.3, 0.4) is 0 Å². The molecule has 0 radical (unpaired) electrons. The lowest BCUT2D eigenvalue weighted by atomic mass is 9.85. The van der Waals surface area contributed by atoms with E-state index in [1.807, 2.05) is 24.3 Å². The highest BCUT2D eigenvalue weighted by Crippen LogP contribution is 2.38. The molecule has 118 valence electrons. The molecule has 0 unspecified atom stereocenters. The number of pyridine rings is 1. The van der Waals surface area contributed by atoms with Crippen molar-refractivity contribution in [2.45, 2.75) is 37.9 Å². The number of hydrogen-bond acceptors (Lipinski definition) is 3. The van der Waals surface area contributed by atoms with Gasteiger partial charge < -0.3 is 11.1 Å². The molecule has 0 amide bonds. The molecular formula is C16H18F3N3. The second-order valence-electron chi connectivity index (χ2n) is 5.84. The van der Waals surface area contributed by atoms with Gasteiger partial charge in [0.05, 0.1) is 5.92 Å². The van der Waals surface area contributed by atoms with Crippen LogP contribution in [0, 0.1) is 5.92 Å². The molecule has 22 heavy (non-hydrogen) atoms. The van der Waals surface area contributed by atoms with Crippen LogP contribution >= 0.6 is 0 Å². The lowest BCUT2D eigenvalue weighted by Crippen LogP contribution is -2.33. The molecule has 3 N–H and O–H groups in total. The molecule has 2 aromatic rings. The standard InChI is InChI=1S/C16H18F3N3/c17-16(18,19)10-4-6-11(7-5-10)22-15-13-2-1-3-14(20)12(13)8-9-21-15/h1-3,8-11H,4-7,20H2,(H,21,22)/t10-,11-. The summed E-state index contributed by atoms with van der Waals surface area (Å²) < 4.78 is 38.1. The molecule has 0 bridgehead atoms. The molecule has 0 aliphatic heterocycles. The fourth-order valence-electron chi connectivity index (χ4n) is 3.10. The number of benzene rings is 1. The number of nitrogens with one attached hydrogen (secondary N) is 1. The lowest BCUT2D eigenvalue weighted by Gasteiger charge is -2.30. The number of nitrogens with zero attached hydrogens (tertiary/aromatic N) is 1. The van der Waals surface area contributed by atoms with Gasteiger partial charge >= 0.3 is 6.18 Å². The summed E-state index contributed by atoms with van der Waals surface area (Å²) in [5, 5.41) is 5.10. The van der Waals surface area contributed by atoms with E-state index >= 15 is 0 Å². The molecule has 1 aliphatic rings. The summed E-state index contributed by atoms with van der Waals surface area (Å²) >= 11 is 0. The highest BCUT2D eigenvalue weighted by atomic mass is 19.4. The Balaban J connectivity index is 1.74. The van der Waals surface area contributed by atoms with E-state index < -0.39 is 12.1 Å². The Morgan fingerprint density at radius 2 is 1.77 bits per heavy atom.